The lowest BCUT2D eigenvalue weighted by Gasteiger charge is -2.20. The number of methoxy groups -OCH3 is 1. The Balaban J connectivity index is 3.02. The van der Waals surface area contributed by atoms with Gasteiger partial charge in [0.2, 0.25) is 5.78 Å². The van der Waals surface area contributed by atoms with E-state index >= 15 is 0 Å². The van der Waals surface area contributed by atoms with Gasteiger partial charge in [-0.15, -0.1) is 0 Å². The summed E-state index contributed by atoms with van der Waals surface area (Å²) < 4.78 is 10.5. The summed E-state index contributed by atoms with van der Waals surface area (Å²) in [7, 11) is 1.25. The lowest BCUT2D eigenvalue weighted by Crippen LogP contribution is -2.20. The highest BCUT2D eigenvalue weighted by atomic mass is 16.5. The highest BCUT2D eigenvalue weighted by molar-refractivity contribution is 6.40. The van der Waals surface area contributed by atoms with Gasteiger partial charge in [-0.1, -0.05) is 0 Å². The molecule has 0 aliphatic heterocycles. The Bertz CT molecular complexity index is 1030. The zero-order chi connectivity index (χ0) is 21.9. The Kier molecular flexibility index (Phi) is 6.39. The predicted octanol–water partition coefficient (Wildman–Crippen LogP) is 0.848. The van der Waals surface area contributed by atoms with Crippen LogP contribution in [0.1, 0.15) is 22.8 Å². The van der Waals surface area contributed by atoms with Crippen molar-refractivity contribution in [3.05, 3.63) is 17.2 Å². The summed E-state index contributed by atoms with van der Waals surface area (Å²) in [6.45, 7) is 1.06. The van der Waals surface area contributed by atoms with Gasteiger partial charge in [-0.3, -0.25) is 19.2 Å². The van der Waals surface area contributed by atoms with Gasteiger partial charge in [-0.25, -0.2) is 0 Å². The van der Waals surface area contributed by atoms with Gasteiger partial charge in [-0.05, 0) is 6.92 Å². The van der Waals surface area contributed by atoms with Crippen molar-refractivity contribution in [2.75, 3.05) is 25.6 Å². The molecule has 0 aromatic heterocycles. The molecule has 0 aliphatic rings. The number of nitrogens with one attached hydrogen (secondary N) is 1. The first-order valence-corrected chi connectivity index (χ1v) is 8.31. The second-order valence-electron chi connectivity index (χ2n) is 5.97. The van der Waals surface area contributed by atoms with Crippen LogP contribution < -0.4 is 14.8 Å². The number of ketones is 2. The number of aromatic hydroxyl groups is 2. The molecule has 2 aromatic carbocycles. The largest absolute Gasteiger partial charge is 0.507 e. The molecule has 0 heterocycles. The summed E-state index contributed by atoms with van der Waals surface area (Å²) in [4.78, 5) is 46.2. The number of aldehydes is 1. The zero-order valence-electron chi connectivity index (χ0n) is 15.9. The Morgan fingerprint density at radius 1 is 1.17 bits per heavy atom. The standard InChI is InChI=1S/C19H19NO9/c1-8-16(25)15-14(13(11(24)7-22)18(8)28-3)12(29-5-4-21)6-10(17(15)26)20-19(27)9(2)23/h4,6,22,25-26H,5,7H2,1-3H3,(H,20,27). The first-order chi connectivity index (χ1) is 13.7. The summed E-state index contributed by atoms with van der Waals surface area (Å²) in [5.74, 6) is -4.06. The molecule has 29 heavy (non-hydrogen) atoms. The fourth-order valence-corrected chi connectivity index (χ4v) is 2.87. The van der Waals surface area contributed by atoms with Crippen LogP contribution in [0.4, 0.5) is 5.69 Å². The second-order valence-corrected chi connectivity index (χ2v) is 5.97. The molecule has 1 amide bonds. The molecule has 0 radical (unpaired) electrons. The molecule has 0 saturated heterocycles. The molecule has 0 spiro atoms. The summed E-state index contributed by atoms with van der Waals surface area (Å²) >= 11 is 0. The van der Waals surface area contributed by atoms with E-state index in [-0.39, 0.29) is 39.1 Å². The van der Waals surface area contributed by atoms with E-state index in [0.29, 0.717) is 6.29 Å². The van der Waals surface area contributed by atoms with Gasteiger partial charge in [0.15, 0.2) is 17.8 Å². The molecule has 0 atom stereocenters. The maximum Gasteiger partial charge on any atom is 0.291 e. The van der Waals surface area contributed by atoms with E-state index in [2.05, 4.69) is 5.32 Å². The average molecular weight is 405 g/mol. The number of rotatable bonds is 8. The van der Waals surface area contributed by atoms with Crippen LogP contribution in [0.3, 0.4) is 0 Å². The van der Waals surface area contributed by atoms with Gasteiger partial charge in [-0.2, -0.15) is 0 Å². The third-order valence-electron chi connectivity index (χ3n) is 4.17. The number of carbonyl (C=O) groups excluding carboxylic acids is 4. The molecule has 154 valence electrons. The van der Waals surface area contributed by atoms with Crippen molar-refractivity contribution in [3.63, 3.8) is 0 Å². The minimum Gasteiger partial charge on any atom is -0.507 e. The quantitative estimate of drug-likeness (QED) is 0.216. The van der Waals surface area contributed by atoms with Crippen LogP contribution in [0.25, 0.3) is 10.8 Å². The SMILES string of the molecule is COc1c(C)c(O)c2c(O)c(NC(=O)C(C)=O)cc(OCC=O)c2c1C(=O)CO. The van der Waals surface area contributed by atoms with Gasteiger partial charge in [0.1, 0.15) is 30.5 Å². The number of hydrogen-bond donors (Lipinski definition) is 4. The number of phenols is 2. The van der Waals surface area contributed by atoms with Gasteiger partial charge < -0.3 is 30.1 Å². The van der Waals surface area contributed by atoms with Gasteiger partial charge >= 0.3 is 0 Å². The molecule has 0 saturated carbocycles. The Morgan fingerprint density at radius 2 is 1.83 bits per heavy atom. The van der Waals surface area contributed by atoms with Crippen molar-refractivity contribution in [2.45, 2.75) is 13.8 Å². The average Bonchev–Trinajstić information content (AvgIpc) is 2.69. The molecule has 0 unspecified atom stereocenters. The Morgan fingerprint density at radius 3 is 2.34 bits per heavy atom. The lowest BCUT2D eigenvalue weighted by molar-refractivity contribution is -0.133. The molecule has 10 nitrogen and oxygen atoms in total. The highest BCUT2D eigenvalue weighted by Gasteiger charge is 2.28. The molecule has 2 rings (SSSR count). The van der Waals surface area contributed by atoms with Crippen LogP contribution in [0, 0.1) is 6.92 Å². The van der Waals surface area contributed by atoms with Crippen molar-refractivity contribution >= 4 is 40.2 Å². The van der Waals surface area contributed by atoms with Crippen LogP contribution in [0.5, 0.6) is 23.0 Å². The van der Waals surface area contributed by atoms with E-state index in [1.54, 1.807) is 0 Å². The number of Topliss-reactive ketones (excluding diaryl/α,β-unsaturated/α-hetero) is 2. The molecule has 0 bridgehead atoms. The first kappa shape index (κ1) is 21.6. The third kappa shape index (κ3) is 3.83. The molecular weight excluding hydrogens is 386 g/mol. The van der Waals surface area contributed by atoms with Crippen molar-refractivity contribution in [1.29, 1.82) is 0 Å². The number of aliphatic hydroxyl groups excluding tert-OH is 1. The van der Waals surface area contributed by atoms with Gasteiger partial charge in [0, 0.05) is 23.9 Å². The van der Waals surface area contributed by atoms with E-state index in [0.717, 1.165) is 13.0 Å². The second kappa shape index (κ2) is 8.57. The molecular formula is C19H19NO9. The van der Waals surface area contributed by atoms with Gasteiger partial charge in [0.05, 0.1) is 23.7 Å². The van der Waals surface area contributed by atoms with Crippen LogP contribution in [-0.4, -0.2) is 59.4 Å². The summed E-state index contributed by atoms with van der Waals surface area (Å²) in [5.41, 5.74) is -0.412. The maximum absolute atomic E-state index is 12.4. The molecule has 4 N–H and O–H groups in total. The van der Waals surface area contributed by atoms with E-state index in [9.17, 15) is 34.5 Å². The van der Waals surface area contributed by atoms with Crippen LogP contribution in [0.15, 0.2) is 6.07 Å². The Labute approximate surface area is 164 Å². The molecule has 0 aliphatic carbocycles. The van der Waals surface area contributed by atoms with Crippen molar-refractivity contribution < 1.29 is 44.0 Å². The maximum atomic E-state index is 12.4. The summed E-state index contributed by atoms with van der Waals surface area (Å²) in [6, 6.07) is 1.09. The fraction of sp³-hybridized carbons (Fsp3) is 0.263. The number of amides is 1. The zero-order valence-corrected chi connectivity index (χ0v) is 15.9. The summed E-state index contributed by atoms with van der Waals surface area (Å²) in [6.07, 6.45) is 0.422. The molecule has 0 fully saturated rings. The van der Waals surface area contributed by atoms with E-state index in [1.807, 2.05) is 0 Å². The lowest BCUT2D eigenvalue weighted by atomic mass is 9.94. The number of carbonyl (C=O) groups is 4. The van der Waals surface area contributed by atoms with Crippen molar-refractivity contribution in [2.24, 2.45) is 0 Å². The van der Waals surface area contributed by atoms with E-state index in [1.165, 1.54) is 14.0 Å². The number of phenolic OH excluding ortho intramolecular Hbond substituents is 2. The predicted molar refractivity (Wildman–Crippen MR) is 101 cm³/mol. The Hall–Kier alpha value is -3.66. The third-order valence-corrected chi connectivity index (χ3v) is 4.17. The minimum absolute atomic E-state index is 0.0649. The smallest absolute Gasteiger partial charge is 0.291 e. The normalized spacial score (nSPS) is 10.5. The van der Waals surface area contributed by atoms with Crippen molar-refractivity contribution in [1.82, 2.24) is 0 Å². The van der Waals surface area contributed by atoms with E-state index in [4.69, 9.17) is 9.47 Å². The van der Waals surface area contributed by atoms with E-state index < -0.39 is 42.2 Å². The fourth-order valence-electron chi connectivity index (χ4n) is 2.87. The molecule has 2 aromatic rings. The first-order valence-electron chi connectivity index (χ1n) is 8.31. The number of anilines is 1. The topological polar surface area (TPSA) is 159 Å². The number of hydrogen-bond acceptors (Lipinski definition) is 9. The summed E-state index contributed by atoms with van der Waals surface area (Å²) in [5, 5.41) is 32.4. The monoisotopic (exact) mass is 405 g/mol. The van der Waals surface area contributed by atoms with Gasteiger partial charge in [0.25, 0.3) is 5.91 Å². The highest BCUT2D eigenvalue weighted by Crippen LogP contribution is 2.50. The minimum atomic E-state index is -1.04. The van der Waals surface area contributed by atoms with Crippen molar-refractivity contribution in [3.8, 4) is 23.0 Å². The number of fused-ring (bicyclic) bond motifs is 1. The number of aliphatic hydroxyl groups is 1. The number of ether oxygens (including phenoxy) is 2. The van der Waals surface area contributed by atoms with Crippen LogP contribution in [-0.2, 0) is 14.4 Å². The van der Waals surface area contributed by atoms with Crippen LogP contribution in [0.2, 0.25) is 0 Å². The number of benzene rings is 2. The molecule has 10 heteroatoms. The van der Waals surface area contributed by atoms with Crippen LogP contribution >= 0.6 is 0 Å².